The Kier molecular flexibility index (Phi) is 3.36. The van der Waals surface area contributed by atoms with Crippen molar-refractivity contribution >= 4 is 23.2 Å². The van der Waals surface area contributed by atoms with Crippen LogP contribution in [0.2, 0.25) is 5.02 Å². The van der Waals surface area contributed by atoms with Gasteiger partial charge in [0, 0.05) is 11.7 Å². The van der Waals surface area contributed by atoms with Crippen LogP contribution < -0.4 is 11.1 Å². The smallest absolute Gasteiger partial charge is 0.253 e. The Labute approximate surface area is 88.2 Å². The summed E-state index contributed by atoms with van der Waals surface area (Å²) in [5.41, 5.74) is 6.51. The van der Waals surface area contributed by atoms with Gasteiger partial charge in [0.15, 0.2) is 0 Å². The first-order valence-electron chi connectivity index (χ1n) is 4.36. The van der Waals surface area contributed by atoms with Gasteiger partial charge in [0.1, 0.15) is 0 Å². The Hall–Kier alpha value is -1.22. The van der Waals surface area contributed by atoms with Crippen molar-refractivity contribution in [1.82, 2.24) is 5.32 Å². The van der Waals surface area contributed by atoms with Gasteiger partial charge in [-0.15, -0.1) is 0 Å². The number of halogens is 1. The lowest BCUT2D eigenvalue weighted by molar-refractivity contribution is 0.0943. The molecule has 1 aromatic carbocycles. The van der Waals surface area contributed by atoms with E-state index in [1.54, 1.807) is 18.2 Å². The normalized spacial score (nSPS) is 10.3. The predicted octanol–water partition coefficient (Wildman–Crippen LogP) is 2.06. The highest BCUT2D eigenvalue weighted by Crippen LogP contribution is 2.18. The highest BCUT2D eigenvalue weighted by molar-refractivity contribution is 6.34. The Bertz CT molecular complexity index is 350. The Morgan fingerprint density at radius 1 is 1.50 bits per heavy atom. The third-order valence-electron chi connectivity index (χ3n) is 1.65. The number of nitrogens with one attached hydrogen (secondary N) is 1. The SMILES string of the molecule is CC(C)NC(=O)c1cc(N)ccc1Cl. The molecule has 1 aromatic rings. The number of carbonyl (C=O) groups excluding carboxylic acids is 1. The zero-order valence-corrected chi connectivity index (χ0v) is 8.93. The fraction of sp³-hybridized carbons (Fsp3) is 0.300. The maximum atomic E-state index is 11.6. The molecule has 1 rings (SSSR count). The van der Waals surface area contributed by atoms with Crippen LogP contribution in [0.15, 0.2) is 18.2 Å². The number of amides is 1. The van der Waals surface area contributed by atoms with Gasteiger partial charge in [0.25, 0.3) is 5.91 Å². The van der Waals surface area contributed by atoms with E-state index in [9.17, 15) is 4.79 Å². The summed E-state index contributed by atoms with van der Waals surface area (Å²) in [6, 6.07) is 4.93. The lowest BCUT2D eigenvalue weighted by Crippen LogP contribution is -2.30. The first-order chi connectivity index (χ1) is 6.50. The molecule has 0 saturated carbocycles. The number of nitrogen functional groups attached to an aromatic ring is 1. The van der Waals surface area contributed by atoms with Crippen LogP contribution in [0.25, 0.3) is 0 Å². The van der Waals surface area contributed by atoms with E-state index < -0.39 is 0 Å². The lowest BCUT2D eigenvalue weighted by atomic mass is 10.2. The highest BCUT2D eigenvalue weighted by Gasteiger charge is 2.10. The van der Waals surface area contributed by atoms with Gasteiger partial charge in [0.2, 0.25) is 0 Å². The molecule has 0 heterocycles. The van der Waals surface area contributed by atoms with E-state index in [4.69, 9.17) is 17.3 Å². The van der Waals surface area contributed by atoms with Crippen LogP contribution in [0, 0.1) is 0 Å². The van der Waals surface area contributed by atoms with Crippen LogP contribution >= 0.6 is 11.6 Å². The number of carbonyl (C=O) groups is 1. The standard InChI is InChI=1S/C10H13ClN2O/c1-6(2)13-10(14)8-5-7(12)3-4-9(8)11/h3-6H,12H2,1-2H3,(H,13,14). The molecule has 0 radical (unpaired) electrons. The molecule has 0 atom stereocenters. The van der Waals surface area contributed by atoms with Crippen molar-refractivity contribution in [2.45, 2.75) is 19.9 Å². The van der Waals surface area contributed by atoms with Gasteiger partial charge in [-0.1, -0.05) is 11.6 Å². The zero-order chi connectivity index (χ0) is 10.7. The minimum atomic E-state index is -0.197. The number of nitrogens with two attached hydrogens (primary N) is 1. The summed E-state index contributed by atoms with van der Waals surface area (Å²) in [5, 5.41) is 3.16. The molecule has 0 aliphatic carbocycles. The van der Waals surface area contributed by atoms with Gasteiger partial charge in [-0.25, -0.2) is 0 Å². The number of rotatable bonds is 2. The molecule has 0 aromatic heterocycles. The summed E-state index contributed by atoms with van der Waals surface area (Å²) in [5.74, 6) is -0.197. The molecule has 1 amide bonds. The van der Waals surface area contributed by atoms with Crippen molar-refractivity contribution in [1.29, 1.82) is 0 Å². The van der Waals surface area contributed by atoms with Gasteiger partial charge < -0.3 is 11.1 Å². The molecular formula is C10H13ClN2O. The van der Waals surface area contributed by atoms with Crippen LogP contribution in [-0.2, 0) is 0 Å². The molecule has 0 fully saturated rings. The summed E-state index contributed by atoms with van der Waals surface area (Å²) < 4.78 is 0. The Balaban J connectivity index is 2.94. The largest absolute Gasteiger partial charge is 0.399 e. The van der Waals surface area contributed by atoms with E-state index in [0.717, 1.165) is 0 Å². The molecule has 0 aliphatic rings. The van der Waals surface area contributed by atoms with Gasteiger partial charge in [-0.05, 0) is 32.0 Å². The summed E-state index contributed by atoms with van der Waals surface area (Å²) in [6.07, 6.45) is 0. The molecule has 4 heteroatoms. The topological polar surface area (TPSA) is 55.1 Å². The third kappa shape index (κ3) is 2.64. The first kappa shape index (κ1) is 10.9. The zero-order valence-electron chi connectivity index (χ0n) is 8.17. The average molecular weight is 213 g/mol. The van der Waals surface area contributed by atoms with Crippen LogP contribution in [0.1, 0.15) is 24.2 Å². The predicted molar refractivity (Wildman–Crippen MR) is 58.5 cm³/mol. The van der Waals surface area contributed by atoms with Crippen molar-refractivity contribution in [3.05, 3.63) is 28.8 Å². The number of hydrogen-bond acceptors (Lipinski definition) is 2. The maximum absolute atomic E-state index is 11.6. The molecule has 0 unspecified atom stereocenters. The monoisotopic (exact) mass is 212 g/mol. The van der Waals surface area contributed by atoms with E-state index in [1.807, 2.05) is 13.8 Å². The molecule has 14 heavy (non-hydrogen) atoms. The second kappa shape index (κ2) is 4.33. The van der Waals surface area contributed by atoms with Crippen LogP contribution in [-0.4, -0.2) is 11.9 Å². The van der Waals surface area contributed by atoms with Crippen molar-refractivity contribution in [2.24, 2.45) is 0 Å². The fourth-order valence-electron chi connectivity index (χ4n) is 1.06. The lowest BCUT2D eigenvalue weighted by Gasteiger charge is -2.09. The fourth-order valence-corrected chi connectivity index (χ4v) is 1.26. The summed E-state index contributed by atoms with van der Waals surface area (Å²) in [7, 11) is 0. The van der Waals surface area contributed by atoms with Crippen molar-refractivity contribution in [2.75, 3.05) is 5.73 Å². The van der Waals surface area contributed by atoms with Crippen LogP contribution in [0.4, 0.5) is 5.69 Å². The van der Waals surface area contributed by atoms with E-state index in [1.165, 1.54) is 0 Å². The number of hydrogen-bond donors (Lipinski definition) is 2. The molecule has 3 nitrogen and oxygen atoms in total. The minimum Gasteiger partial charge on any atom is -0.399 e. The van der Waals surface area contributed by atoms with Crippen molar-refractivity contribution in [3.63, 3.8) is 0 Å². The third-order valence-corrected chi connectivity index (χ3v) is 1.98. The van der Waals surface area contributed by atoms with E-state index in [0.29, 0.717) is 16.3 Å². The van der Waals surface area contributed by atoms with Gasteiger partial charge >= 0.3 is 0 Å². The van der Waals surface area contributed by atoms with Gasteiger partial charge in [-0.3, -0.25) is 4.79 Å². The molecule has 0 aliphatic heterocycles. The molecule has 0 saturated heterocycles. The molecular weight excluding hydrogens is 200 g/mol. The Morgan fingerprint density at radius 2 is 2.14 bits per heavy atom. The molecule has 3 N–H and O–H groups in total. The van der Waals surface area contributed by atoms with Crippen molar-refractivity contribution < 1.29 is 4.79 Å². The maximum Gasteiger partial charge on any atom is 0.253 e. The summed E-state index contributed by atoms with van der Waals surface area (Å²) in [4.78, 5) is 11.6. The highest BCUT2D eigenvalue weighted by atomic mass is 35.5. The second-order valence-electron chi connectivity index (χ2n) is 3.37. The molecule has 0 bridgehead atoms. The van der Waals surface area contributed by atoms with Crippen LogP contribution in [0.5, 0.6) is 0 Å². The minimum absolute atomic E-state index is 0.0833. The Morgan fingerprint density at radius 3 is 2.71 bits per heavy atom. The first-order valence-corrected chi connectivity index (χ1v) is 4.74. The van der Waals surface area contributed by atoms with Gasteiger partial charge in [0.05, 0.1) is 10.6 Å². The number of benzene rings is 1. The van der Waals surface area contributed by atoms with Crippen LogP contribution in [0.3, 0.4) is 0 Å². The quantitative estimate of drug-likeness (QED) is 0.738. The van der Waals surface area contributed by atoms with E-state index in [2.05, 4.69) is 5.32 Å². The molecule has 76 valence electrons. The van der Waals surface area contributed by atoms with Gasteiger partial charge in [-0.2, -0.15) is 0 Å². The average Bonchev–Trinajstić information content (AvgIpc) is 2.08. The summed E-state index contributed by atoms with van der Waals surface area (Å²) in [6.45, 7) is 3.77. The summed E-state index contributed by atoms with van der Waals surface area (Å²) >= 11 is 5.86. The van der Waals surface area contributed by atoms with E-state index in [-0.39, 0.29) is 11.9 Å². The van der Waals surface area contributed by atoms with Crippen molar-refractivity contribution in [3.8, 4) is 0 Å². The molecule has 0 spiro atoms. The second-order valence-corrected chi connectivity index (χ2v) is 3.77. The van der Waals surface area contributed by atoms with E-state index >= 15 is 0 Å². The number of anilines is 1.